The van der Waals surface area contributed by atoms with Crippen LogP contribution in [0.4, 0.5) is 0 Å². The van der Waals surface area contributed by atoms with E-state index in [1.807, 2.05) is 24.3 Å². The molecule has 2 rings (SSSR count). The number of carbonyl (C=O) groups excluding carboxylic acids is 1. The summed E-state index contributed by atoms with van der Waals surface area (Å²) >= 11 is 0. The smallest absolute Gasteiger partial charge is 0.305 e. The first-order valence-electron chi connectivity index (χ1n) is 8.77. The van der Waals surface area contributed by atoms with Gasteiger partial charge in [-0.05, 0) is 35.2 Å². The van der Waals surface area contributed by atoms with E-state index in [4.69, 9.17) is 14.6 Å². The van der Waals surface area contributed by atoms with E-state index in [1.54, 1.807) is 31.4 Å². The van der Waals surface area contributed by atoms with Gasteiger partial charge in [0.25, 0.3) is 5.91 Å². The molecule has 2 aromatic rings. The molecule has 0 saturated carbocycles. The molecule has 0 spiro atoms. The van der Waals surface area contributed by atoms with Gasteiger partial charge in [-0.25, -0.2) is 0 Å². The molecule has 2 N–H and O–H groups in total. The summed E-state index contributed by atoms with van der Waals surface area (Å²) in [5, 5.41) is 11.9. The van der Waals surface area contributed by atoms with E-state index in [0.717, 1.165) is 5.56 Å². The lowest BCUT2D eigenvalue weighted by molar-refractivity contribution is -0.137. The Bertz CT molecular complexity index is 770. The Hall–Kier alpha value is -3.02. The molecule has 0 aliphatic carbocycles. The van der Waals surface area contributed by atoms with Crippen LogP contribution in [0, 0.1) is 0 Å². The standard InChI is InChI=1S/C21H25NO5/c1-14(2)17-6-4-5-7-19(17)27-13-20(23)22-18(12-21(24)25)15-8-10-16(26-3)11-9-15/h4-11,14,18H,12-13H2,1-3H3,(H,22,23)(H,24,25)/t18-/m1/s1. The molecular weight excluding hydrogens is 346 g/mol. The second-order valence-corrected chi connectivity index (χ2v) is 6.47. The maximum Gasteiger partial charge on any atom is 0.305 e. The van der Waals surface area contributed by atoms with Crippen molar-refractivity contribution in [2.24, 2.45) is 0 Å². The Morgan fingerprint density at radius 2 is 1.74 bits per heavy atom. The van der Waals surface area contributed by atoms with Crippen molar-refractivity contribution in [2.75, 3.05) is 13.7 Å². The molecule has 0 heterocycles. The number of hydrogen-bond acceptors (Lipinski definition) is 4. The number of para-hydroxylation sites is 1. The Balaban J connectivity index is 2.04. The van der Waals surface area contributed by atoms with Crippen LogP contribution in [-0.2, 0) is 9.59 Å². The van der Waals surface area contributed by atoms with E-state index < -0.39 is 12.0 Å². The van der Waals surface area contributed by atoms with Crippen LogP contribution < -0.4 is 14.8 Å². The van der Waals surface area contributed by atoms with E-state index >= 15 is 0 Å². The highest BCUT2D eigenvalue weighted by molar-refractivity contribution is 5.79. The number of carbonyl (C=O) groups is 2. The van der Waals surface area contributed by atoms with Crippen LogP contribution in [-0.4, -0.2) is 30.7 Å². The first-order valence-corrected chi connectivity index (χ1v) is 8.77. The summed E-state index contributed by atoms with van der Waals surface area (Å²) in [6.45, 7) is 3.92. The van der Waals surface area contributed by atoms with Crippen LogP contribution in [0.2, 0.25) is 0 Å². The van der Waals surface area contributed by atoms with Crippen molar-refractivity contribution in [1.29, 1.82) is 0 Å². The largest absolute Gasteiger partial charge is 0.497 e. The number of benzene rings is 2. The number of carboxylic acids is 1. The lowest BCUT2D eigenvalue weighted by Gasteiger charge is -2.19. The molecule has 1 atom stereocenters. The summed E-state index contributed by atoms with van der Waals surface area (Å²) in [7, 11) is 1.55. The van der Waals surface area contributed by atoms with Crippen LogP contribution in [0.15, 0.2) is 48.5 Å². The van der Waals surface area contributed by atoms with Crippen LogP contribution in [0.1, 0.15) is 43.4 Å². The van der Waals surface area contributed by atoms with E-state index in [-0.39, 0.29) is 24.9 Å². The minimum Gasteiger partial charge on any atom is -0.497 e. The molecule has 27 heavy (non-hydrogen) atoms. The maximum absolute atomic E-state index is 12.3. The van der Waals surface area contributed by atoms with E-state index in [2.05, 4.69) is 19.2 Å². The number of methoxy groups -OCH3 is 1. The Kier molecular flexibility index (Phi) is 7.23. The number of nitrogens with one attached hydrogen (secondary N) is 1. The number of carboxylic acid groups (broad SMARTS) is 1. The average Bonchev–Trinajstić information content (AvgIpc) is 2.65. The highest BCUT2D eigenvalue weighted by Crippen LogP contribution is 2.26. The van der Waals surface area contributed by atoms with E-state index in [9.17, 15) is 9.59 Å². The molecule has 144 valence electrons. The second-order valence-electron chi connectivity index (χ2n) is 6.47. The Morgan fingerprint density at radius 1 is 1.07 bits per heavy atom. The molecule has 0 saturated heterocycles. The molecule has 0 aliphatic heterocycles. The Morgan fingerprint density at radius 3 is 2.33 bits per heavy atom. The fraction of sp³-hybridized carbons (Fsp3) is 0.333. The summed E-state index contributed by atoms with van der Waals surface area (Å²) in [5.74, 6) is 0.204. The molecule has 0 fully saturated rings. The monoisotopic (exact) mass is 371 g/mol. The summed E-state index contributed by atoms with van der Waals surface area (Å²) in [4.78, 5) is 23.5. The van der Waals surface area contributed by atoms with Gasteiger partial charge in [0.05, 0.1) is 19.6 Å². The molecule has 0 aliphatic rings. The van der Waals surface area contributed by atoms with Crippen molar-refractivity contribution in [2.45, 2.75) is 32.2 Å². The average molecular weight is 371 g/mol. The van der Waals surface area contributed by atoms with Crippen molar-refractivity contribution in [3.8, 4) is 11.5 Å². The first kappa shape index (κ1) is 20.3. The second kappa shape index (κ2) is 9.62. The van der Waals surface area contributed by atoms with Gasteiger partial charge in [0.1, 0.15) is 11.5 Å². The van der Waals surface area contributed by atoms with Crippen molar-refractivity contribution in [1.82, 2.24) is 5.32 Å². The molecule has 2 aromatic carbocycles. The van der Waals surface area contributed by atoms with E-state index in [0.29, 0.717) is 17.1 Å². The zero-order valence-corrected chi connectivity index (χ0v) is 15.8. The highest BCUT2D eigenvalue weighted by atomic mass is 16.5. The Labute approximate surface area is 159 Å². The highest BCUT2D eigenvalue weighted by Gasteiger charge is 2.19. The van der Waals surface area contributed by atoms with Crippen LogP contribution in [0.3, 0.4) is 0 Å². The van der Waals surface area contributed by atoms with Gasteiger partial charge in [-0.1, -0.05) is 44.2 Å². The summed E-state index contributed by atoms with van der Waals surface area (Å²) in [6, 6.07) is 13.8. The molecule has 6 heteroatoms. The zero-order chi connectivity index (χ0) is 19.8. The summed E-state index contributed by atoms with van der Waals surface area (Å²) in [6.07, 6.45) is -0.222. The molecule has 0 unspecified atom stereocenters. The van der Waals surface area contributed by atoms with Gasteiger partial charge in [-0.3, -0.25) is 9.59 Å². The third kappa shape index (κ3) is 6.02. The SMILES string of the molecule is COc1ccc([C@@H](CC(=O)O)NC(=O)COc2ccccc2C(C)C)cc1. The van der Waals surface area contributed by atoms with Gasteiger partial charge >= 0.3 is 5.97 Å². The number of hydrogen-bond donors (Lipinski definition) is 2. The predicted octanol–water partition coefficient (Wildman–Crippen LogP) is 3.53. The number of rotatable bonds is 9. The van der Waals surface area contributed by atoms with Gasteiger partial charge in [0, 0.05) is 0 Å². The number of ether oxygens (including phenoxy) is 2. The molecule has 0 radical (unpaired) electrons. The molecule has 1 amide bonds. The van der Waals surface area contributed by atoms with Gasteiger partial charge in [0.2, 0.25) is 0 Å². The summed E-state index contributed by atoms with van der Waals surface area (Å²) in [5.41, 5.74) is 1.71. The fourth-order valence-electron chi connectivity index (χ4n) is 2.73. The first-order chi connectivity index (χ1) is 12.9. The molecule has 6 nitrogen and oxygen atoms in total. The topological polar surface area (TPSA) is 84.9 Å². The normalized spacial score (nSPS) is 11.7. The molecule has 0 bridgehead atoms. The minimum atomic E-state index is -0.998. The van der Waals surface area contributed by atoms with Gasteiger partial charge in [0.15, 0.2) is 6.61 Å². The van der Waals surface area contributed by atoms with Gasteiger partial charge in [-0.15, -0.1) is 0 Å². The minimum absolute atomic E-state index is 0.185. The maximum atomic E-state index is 12.3. The quantitative estimate of drug-likeness (QED) is 0.704. The van der Waals surface area contributed by atoms with Crippen LogP contribution in [0.25, 0.3) is 0 Å². The third-order valence-corrected chi connectivity index (χ3v) is 4.13. The summed E-state index contributed by atoms with van der Waals surface area (Å²) < 4.78 is 10.8. The van der Waals surface area contributed by atoms with E-state index in [1.165, 1.54) is 0 Å². The third-order valence-electron chi connectivity index (χ3n) is 4.13. The molecule has 0 aromatic heterocycles. The van der Waals surface area contributed by atoms with Crippen molar-refractivity contribution in [3.05, 3.63) is 59.7 Å². The van der Waals surface area contributed by atoms with Crippen molar-refractivity contribution >= 4 is 11.9 Å². The molecular formula is C21H25NO5. The van der Waals surface area contributed by atoms with Crippen molar-refractivity contribution in [3.63, 3.8) is 0 Å². The predicted molar refractivity (Wildman–Crippen MR) is 102 cm³/mol. The number of amides is 1. The van der Waals surface area contributed by atoms with Gasteiger partial charge < -0.3 is 19.9 Å². The lowest BCUT2D eigenvalue weighted by atomic mass is 10.0. The van der Waals surface area contributed by atoms with Crippen LogP contribution >= 0.6 is 0 Å². The number of aliphatic carboxylic acids is 1. The van der Waals surface area contributed by atoms with Crippen molar-refractivity contribution < 1.29 is 24.2 Å². The van der Waals surface area contributed by atoms with Crippen LogP contribution in [0.5, 0.6) is 11.5 Å². The zero-order valence-electron chi connectivity index (χ0n) is 15.8. The fourth-order valence-corrected chi connectivity index (χ4v) is 2.73. The van der Waals surface area contributed by atoms with Gasteiger partial charge in [-0.2, -0.15) is 0 Å². The lowest BCUT2D eigenvalue weighted by Crippen LogP contribution is -2.34.